The lowest BCUT2D eigenvalue weighted by Gasteiger charge is -2.04. The first kappa shape index (κ1) is 17.9. The molecule has 0 aromatic rings. The predicted molar refractivity (Wildman–Crippen MR) is 88.3 cm³/mol. The molecule has 1 saturated heterocycles. The number of unbranched alkanes of at least 4 members (excludes halogenated alkanes) is 8. The van der Waals surface area contributed by atoms with Gasteiger partial charge in [0, 0.05) is 17.4 Å². The maximum absolute atomic E-state index is 11.5. The molecule has 0 amide bonds. The second-order valence-corrected chi connectivity index (χ2v) is 7.23. The molecule has 0 bridgehead atoms. The van der Waals surface area contributed by atoms with Crippen LogP contribution in [0, 0.1) is 0 Å². The van der Waals surface area contributed by atoms with Crippen LogP contribution in [0.2, 0.25) is 0 Å². The summed E-state index contributed by atoms with van der Waals surface area (Å²) in [5, 5.41) is 1.00. The molecule has 1 rings (SSSR count). The van der Waals surface area contributed by atoms with Crippen molar-refractivity contribution in [1.82, 2.24) is 0 Å². The number of hydrogen-bond acceptors (Lipinski definition) is 3. The van der Waals surface area contributed by atoms with Crippen LogP contribution in [-0.4, -0.2) is 23.6 Å². The van der Waals surface area contributed by atoms with E-state index in [1.807, 2.05) is 0 Å². The van der Waals surface area contributed by atoms with Gasteiger partial charge in [-0.2, -0.15) is 11.8 Å². The van der Waals surface area contributed by atoms with E-state index in [0.29, 0.717) is 13.0 Å². The molecule has 0 saturated carbocycles. The van der Waals surface area contributed by atoms with Gasteiger partial charge in [-0.25, -0.2) is 0 Å². The van der Waals surface area contributed by atoms with Gasteiger partial charge in [-0.1, -0.05) is 58.3 Å². The quantitative estimate of drug-likeness (QED) is 0.246. The second kappa shape index (κ2) is 12.6. The average molecular weight is 301 g/mol. The van der Waals surface area contributed by atoms with E-state index in [2.05, 4.69) is 18.7 Å². The zero-order chi connectivity index (χ0) is 14.5. The summed E-state index contributed by atoms with van der Waals surface area (Å²) in [5.41, 5.74) is 0. The normalized spacial score (nSPS) is 17.1. The van der Waals surface area contributed by atoms with Gasteiger partial charge in [-0.15, -0.1) is 0 Å². The van der Waals surface area contributed by atoms with Crippen LogP contribution in [-0.2, 0) is 9.53 Å². The first-order valence-electron chi connectivity index (χ1n) is 8.60. The van der Waals surface area contributed by atoms with Gasteiger partial charge < -0.3 is 4.74 Å². The monoisotopic (exact) mass is 300 g/mol. The maximum Gasteiger partial charge on any atom is 0.305 e. The molecule has 0 radical (unpaired) electrons. The van der Waals surface area contributed by atoms with Gasteiger partial charge in [0.1, 0.15) is 0 Å². The van der Waals surface area contributed by atoms with Gasteiger partial charge in [0.15, 0.2) is 0 Å². The lowest BCUT2D eigenvalue weighted by Crippen LogP contribution is -2.05. The standard InChI is InChI=1S/C17H32O2S/c1-2-3-4-11-14-19-17(18)13-10-8-6-5-7-9-12-16-15-20-16/h16H,2-15H2,1H3. The average Bonchev–Trinajstić information content (AvgIpc) is 3.25. The predicted octanol–water partition coefficient (Wildman–Crippen LogP) is 5.35. The van der Waals surface area contributed by atoms with Gasteiger partial charge in [-0.05, 0) is 19.3 Å². The first-order chi connectivity index (χ1) is 9.83. The van der Waals surface area contributed by atoms with Crippen molar-refractivity contribution in [1.29, 1.82) is 0 Å². The third-order valence-electron chi connectivity index (χ3n) is 3.82. The Hall–Kier alpha value is -0.180. The first-order valence-corrected chi connectivity index (χ1v) is 9.65. The number of hydrogen-bond donors (Lipinski definition) is 0. The molecule has 1 unspecified atom stereocenters. The highest BCUT2D eigenvalue weighted by Crippen LogP contribution is 2.34. The highest BCUT2D eigenvalue weighted by Gasteiger charge is 2.20. The van der Waals surface area contributed by atoms with Crippen molar-refractivity contribution >= 4 is 17.7 Å². The van der Waals surface area contributed by atoms with Crippen molar-refractivity contribution in [3.63, 3.8) is 0 Å². The fourth-order valence-electron chi connectivity index (χ4n) is 2.37. The minimum atomic E-state index is 0.00672. The van der Waals surface area contributed by atoms with Gasteiger partial charge in [-0.3, -0.25) is 4.79 Å². The Morgan fingerprint density at radius 3 is 2.35 bits per heavy atom. The second-order valence-electron chi connectivity index (χ2n) is 5.90. The van der Waals surface area contributed by atoms with E-state index in [4.69, 9.17) is 4.74 Å². The SMILES string of the molecule is CCCCCCOC(=O)CCCCCCCCC1CS1. The van der Waals surface area contributed by atoms with E-state index in [9.17, 15) is 4.79 Å². The highest BCUT2D eigenvalue weighted by molar-refractivity contribution is 8.06. The third kappa shape index (κ3) is 11.6. The molecule has 3 heteroatoms. The summed E-state index contributed by atoms with van der Waals surface area (Å²) in [6.07, 6.45) is 14.3. The molecule has 0 aromatic carbocycles. The van der Waals surface area contributed by atoms with Crippen LogP contribution in [0.5, 0.6) is 0 Å². The van der Waals surface area contributed by atoms with Crippen molar-refractivity contribution in [2.24, 2.45) is 0 Å². The van der Waals surface area contributed by atoms with E-state index in [1.165, 1.54) is 63.5 Å². The van der Waals surface area contributed by atoms with Crippen LogP contribution in [0.4, 0.5) is 0 Å². The van der Waals surface area contributed by atoms with Crippen molar-refractivity contribution in [3.8, 4) is 0 Å². The minimum absolute atomic E-state index is 0.00672. The summed E-state index contributed by atoms with van der Waals surface area (Å²) in [5.74, 6) is 1.41. The maximum atomic E-state index is 11.5. The summed E-state index contributed by atoms with van der Waals surface area (Å²) < 4.78 is 5.23. The fraction of sp³-hybridized carbons (Fsp3) is 0.941. The van der Waals surface area contributed by atoms with Gasteiger partial charge in [0.25, 0.3) is 0 Å². The molecular formula is C17H32O2S. The molecule has 0 aromatic heterocycles. The summed E-state index contributed by atoms with van der Waals surface area (Å²) in [4.78, 5) is 11.5. The number of carbonyl (C=O) groups excluding carboxylic acids is 1. The zero-order valence-electron chi connectivity index (χ0n) is 13.2. The van der Waals surface area contributed by atoms with Gasteiger partial charge >= 0.3 is 5.97 Å². The van der Waals surface area contributed by atoms with Crippen LogP contribution < -0.4 is 0 Å². The van der Waals surface area contributed by atoms with Crippen LogP contribution >= 0.6 is 11.8 Å². The number of thioether (sulfide) groups is 1. The Balaban J connectivity index is 1.72. The largest absolute Gasteiger partial charge is 0.466 e. The van der Waals surface area contributed by atoms with E-state index < -0.39 is 0 Å². The molecule has 118 valence electrons. The molecule has 0 spiro atoms. The Morgan fingerprint density at radius 1 is 1.00 bits per heavy atom. The van der Waals surface area contributed by atoms with Gasteiger partial charge in [0.2, 0.25) is 0 Å². The van der Waals surface area contributed by atoms with Crippen molar-refractivity contribution in [3.05, 3.63) is 0 Å². The molecule has 1 heterocycles. The van der Waals surface area contributed by atoms with Crippen molar-refractivity contribution < 1.29 is 9.53 Å². The smallest absolute Gasteiger partial charge is 0.305 e. The molecule has 1 fully saturated rings. The molecule has 1 aliphatic heterocycles. The van der Waals surface area contributed by atoms with Crippen LogP contribution in [0.15, 0.2) is 0 Å². The molecule has 0 aliphatic carbocycles. The van der Waals surface area contributed by atoms with Crippen molar-refractivity contribution in [2.75, 3.05) is 12.4 Å². The summed E-state index contributed by atoms with van der Waals surface area (Å²) in [7, 11) is 0. The molecule has 1 aliphatic rings. The van der Waals surface area contributed by atoms with Crippen LogP contribution in [0.1, 0.15) is 84.0 Å². The van der Waals surface area contributed by atoms with E-state index >= 15 is 0 Å². The Kier molecular flexibility index (Phi) is 11.2. The Bertz CT molecular complexity index is 239. The zero-order valence-corrected chi connectivity index (χ0v) is 14.0. The summed E-state index contributed by atoms with van der Waals surface area (Å²) in [6, 6.07) is 0. The number of carbonyl (C=O) groups is 1. The third-order valence-corrected chi connectivity index (χ3v) is 4.86. The van der Waals surface area contributed by atoms with Crippen LogP contribution in [0.3, 0.4) is 0 Å². The number of rotatable bonds is 14. The lowest BCUT2D eigenvalue weighted by molar-refractivity contribution is -0.143. The van der Waals surface area contributed by atoms with E-state index in [1.54, 1.807) is 0 Å². The lowest BCUT2D eigenvalue weighted by atomic mass is 10.1. The van der Waals surface area contributed by atoms with Crippen molar-refractivity contribution in [2.45, 2.75) is 89.2 Å². The number of esters is 1. The molecule has 1 atom stereocenters. The summed E-state index contributed by atoms with van der Waals surface area (Å²) in [6.45, 7) is 2.81. The van der Waals surface area contributed by atoms with E-state index in [0.717, 1.165) is 18.1 Å². The van der Waals surface area contributed by atoms with E-state index in [-0.39, 0.29) is 5.97 Å². The van der Waals surface area contributed by atoms with Crippen LogP contribution in [0.25, 0.3) is 0 Å². The highest BCUT2D eigenvalue weighted by atomic mass is 32.2. The molecule has 2 nitrogen and oxygen atoms in total. The molecular weight excluding hydrogens is 268 g/mol. The Morgan fingerprint density at radius 2 is 1.65 bits per heavy atom. The molecule has 20 heavy (non-hydrogen) atoms. The summed E-state index contributed by atoms with van der Waals surface area (Å²) >= 11 is 2.10. The Labute approximate surface area is 129 Å². The topological polar surface area (TPSA) is 26.3 Å². The fourth-order valence-corrected chi connectivity index (χ4v) is 3.01. The minimum Gasteiger partial charge on any atom is -0.466 e. The number of ether oxygens (including phenoxy) is 1. The van der Waals surface area contributed by atoms with Gasteiger partial charge in [0.05, 0.1) is 6.61 Å². The molecule has 0 N–H and O–H groups in total.